The number of fused-ring (bicyclic) bond motifs is 5. The lowest BCUT2D eigenvalue weighted by molar-refractivity contribution is -0.391. The standard InChI is InChI=1S/C35H50O14/c1-2-19-14-9-15-21-28(19)48-34-27(39)25(37)26(38)33(49-34)43-17-23-24(36)29(44-22(31(40)41)16-18-10-5-3-6-11-18)30(35(45-21)46-23)47-32(42)20-12-7-4-8-13-20/h4,7-8,12-13,18-19,21-30,33-39H,2-3,5-6,9-11,14-17H2,1H3,(H,40,41)/t19?,21-,22?,23?,24+,25?,26?,27?,28?,29?,30?,33?,34?,35-/m1/s1. The highest BCUT2D eigenvalue weighted by Crippen LogP contribution is 2.39. The van der Waals surface area contributed by atoms with Crippen LogP contribution < -0.4 is 0 Å². The number of carbonyl (C=O) groups excluding carboxylic acids is 1. The molecule has 5 aliphatic rings. The van der Waals surface area contributed by atoms with Crippen molar-refractivity contribution in [2.24, 2.45) is 11.8 Å². The number of benzene rings is 1. The second-order valence-electron chi connectivity index (χ2n) is 14.0. The third-order valence-corrected chi connectivity index (χ3v) is 10.7. The van der Waals surface area contributed by atoms with E-state index in [9.17, 15) is 35.1 Å². The van der Waals surface area contributed by atoms with Crippen LogP contribution in [0.3, 0.4) is 0 Å². The highest BCUT2D eigenvalue weighted by molar-refractivity contribution is 5.89. The molecule has 3 aliphatic heterocycles. The van der Waals surface area contributed by atoms with Crippen molar-refractivity contribution in [3.8, 4) is 0 Å². The molecule has 2 saturated carbocycles. The van der Waals surface area contributed by atoms with E-state index in [1.54, 1.807) is 30.3 Å². The minimum absolute atomic E-state index is 0.0601. The number of hydrogen-bond donors (Lipinski definition) is 5. The van der Waals surface area contributed by atoms with Gasteiger partial charge in [-0.2, -0.15) is 0 Å². The molecular formula is C35H50O14. The highest BCUT2D eigenvalue weighted by Gasteiger charge is 2.54. The minimum Gasteiger partial charge on any atom is -0.479 e. The second kappa shape index (κ2) is 16.4. The van der Waals surface area contributed by atoms with E-state index in [1.807, 2.05) is 6.92 Å². The first-order valence-electron chi connectivity index (χ1n) is 17.7. The Labute approximate surface area is 285 Å². The van der Waals surface area contributed by atoms with Crippen LogP contribution in [0, 0.1) is 11.8 Å². The number of carboxylic acid groups (broad SMARTS) is 1. The summed E-state index contributed by atoms with van der Waals surface area (Å²) in [5.74, 6) is -1.90. The Morgan fingerprint density at radius 2 is 1.49 bits per heavy atom. The molecule has 0 amide bonds. The van der Waals surface area contributed by atoms with E-state index in [1.165, 1.54) is 0 Å². The zero-order valence-electron chi connectivity index (χ0n) is 27.7. The van der Waals surface area contributed by atoms with Gasteiger partial charge in [0.05, 0.1) is 24.4 Å². The van der Waals surface area contributed by atoms with Gasteiger partial charge in [0.1, 0.15) is 36.6 Å². The topological polar surface area (TPSA) is 200 Å². The fraction of sp³-hybridized carbons (Fsp3) is 0.771. The summed E-state index contributed by atoms with van der Waals surface area (Å²) in [6.45, 7) is 1.56. The molecule has 49 heavy (non-hydrogen) atoms. The molecule has 3 heterocycles. The van der Waals surface area contributed by atoms with Crippen LogP contribution in [0.25, 0.3) is 0 Å². The average molecular weight is 695 g/mol. The summed E-state index contributed by atoms with van der Waals surface area (Å²) in [4.78, 5) is 26.1. The number of aliphatic hydroxyl groups excluding tert-OH is 4. The molecule has 0 radical (unpaired) electrons. The molecule has 274 valence electrons. The number of carboxylic acids is 1. The summed E-state index contributed by atoms with van der Waals surface area (Å²) in [6, 6.07) is 8.24. The van der Waals surface area contributed by atoms with Gasteiger partial charge in [0, 0.05) is 0 Å². The van der Waals surface area contributed by atoms with E-state index in [-0.39, 0.29) is 23.8 Å². The third kappa shape index (κ3) is 8.30. The molecule has 3 saturated heterocycles. The number of rotatable bonds is 8. The van der Waals surface area contributed by atoms with Gasteiger partial charge in [0.2, 0.25) is 0 Å². The normalized spacial score (nSPS) is 41.0. The quantitative estimate of drug-likeness (QED) is 0.247. The lowest BCUT2D eigenvalue weighted by Gasteiger charge is -2.49. The minimum atomic E-state index is -1.66. The molecule has 14 atom stereocenters. The van der Waals surface area contributed by atoms with Crippen LogP contribution in [0.4, 0.5) is 0 Å². The Kier molecular flexibility index (Phi) is 12.2. The lowest BCUT2D eigenvalue weighted by atomic mass is 9.82. The van der Waals surface area contributed by atoms with Crippen LogP contribution in [0.5, 0.6) is 0 Å². The number of hydrogen-bond acceptors (Lipinski definition) is 13. The zero-order chi connectivity index (χ0) is 34.7. The molecule has 14 nitrogen and oxygen atoms in total. The molecule has 0 spiro atoms. The Balaban J connectivity index is 1.36. The van der Waals surface area contributed by atoms with Crippen LogP contribution in [-0.2, 0) is 38.0 Å². The Morgan fingerprint density at radius 1 is 0.776 bits per heavy atom. The van der Waals surface area contributed by atoms with Gasteiger partial charge in [0.25, 0.3) is 0 Å². The third-order valence-electron chi connectivity index (χ3n) is 10.7. The summed E-state index contributed by atoms with van der Waals surface area (Å²) in [7, 11) is 0. The molecule has 2 aliphatic carbocycles. The van der Waals surface area contributed by atoms with Gasteiger partial charge in [-0.05, 0) is 43.2 Å². The fourth-order valence-corrected chi connectivity index (χ4v) is 7.89. The molecule has 6 rings (SSSR count). The van der Waals surface area contributed by atoms with E-state index in [2.05, 4.69) is 0 Å². The molecule has 0 aromatic heterocycles. The van der Waals surface area contributed by atoms with E-state index in [4.69, 9.17) is 33.2 Å². The Hall–Kier alpha value is -2.24. The first-order chi connectivity index (χ1) is 23.6. The van der Waals surface area contributed by atoms with Crippen molar-refractivity contribution in [2.75, 3.05) is 6.61 Å². The van der Waals surface area contributed by atoms with Crippen molar-refractivity contribution >= 4 is 11.9 Å². The first-order valence-corrected chi connectivity index (χ1v) is 17.7. The van der Waals surface area contributed by atoms with Crippen molar-refractivity contribution < 1.29 is 68.3 Å². The summed E-state index contributed by atoms with van der Waals surface area (Å²) < 4.78 is 43.1. The molecular weight excluding hydrogens is 644 g/mol. The van der Waals surface area contributed by atoms with Gasteiger partial charge in [-0.1, -0.05) is 70.1 Å². The van der Waals surface area contributed by atoms with Crippen LogP contribution in [0.1, 0.15) is 81.5 Å². The van der Waals surface area contributed by atoms with E-state index in [0.29, 0.717) is 12.8 Å². The first kappa shape index (κ1) is 36.5. The molecule has 11 unspecified atom stereocenters. The van der Waals surface area contributed by atoms with Gasteiger partial charge < -0.3 is 58.7 Å². The van der Waals surface area contributed by atoms with Crippen LogP contribution in [-0.4, -0.2) is 124 Å². The largest absolute Gasteiger partial charge is 0.479 e. The number of aliphatic carboxylic acids is 1. The van der Waals surface area contributed by atoms with Crippen molar-refractivity contribution in [1.82, 2.24) is 0 Å². The summed E-state index contributed by atoms with van der Waals surface area (Å²) in [5, 5.41) is 54.3. The second-order valence-corrected chi connectivity index (χ2v) is 14.0. The Bertz CT molecular complexity index is 1230. The van der Waals surface area contributed by atoms with E-state index < -0.39 is 98.5 Å². The summed E-state index contributed by atoms with van der Waals surface area (Å²) in [5.41, 5.74) is 0.225. The van der Waals surface area contributed by atoms with Gasteiger partial charge in [-0.3, -0.25) is 0 Å². The van der Waals surface area contributed by atoms with Crippen LogP contribution in [0.2, 0.25) is 0 Å². The molecule has 1 aromatic carbocycles. The molecule has 5 fully saturated rings. The van der Waals surface area contributed by atoms with Crippen LogP contribution in [0.15, 0.2) is 30.3 Å². The molecule has 5 N–H and O–H groups in total. The number of aliphatic hydroxyl groups is 4. The maximum atomic E-state index is 13.5. The van der Waals surface area contributed by atoms with Crippen molar-refractivity contribution in [3.63, 3.8) is 0 Å². The maximum absolute atomic E-state index is 13.5. The summed E-state index contributed by atoms with van der Waals surface area (Å²) >= 11 is 0. The fourth-order valence-electron chi connectivity index (χ4n) is 7.89. The zero-order valence-corrected chi connectivity index (χ0v) is 27.7. The molecule has 14 heteroatoms. The van der Waals surface area contributed by atoms with Crippen LogP contribution >= 0.6 is 0 Å². The number of carbonyl (C=O) groups is 2. The lowest BCUT2D eigenvalue weighted by Crippen LogP contribution is -2.65. The van der Waals surface area contributed by atoms with Crippen molar-refractivity contribution in [1.29, 1.82) is 0 Å². The van der Waals surface area contributed by atoms with Gasteiger partial charge in [-0.15, -0.1) is 0 Å². The Morgan fingerprint density at radius 3 is 2.20 bits per heavy atom. The smallest absolute Gasteiger partial charge is 0.338 e. The molecule has 1 aromatic rings. The van der Waals surface area contributed by atoms with Crippen molar-refractivity contribution in [2.45, 2.75) is 151 Å². The predicted molar refractivity (Wildman–Crippen MR) is 168 cm³/mol. The van der Waals surface area contributed by atoms with Gasteiger partial charge in [-0.25, -0.2) is 9.59 Å². The SMILES string of the molecule is CCC1CCC[C@H]2O[C@@H]3OC(COC4OC(OC12)C(O)C(O)C4O)[C@H](O)C(OC(CC1CCCCC1)C(=O)O)C3OC(=O)c1ccccc1. The monoisotopic (exact) mass is 694 g/mol. The highest BCUT2D eigenvalue weighted by atomic mass is 16.8. The maximum Gasteiger partial charge on any atom is 0.338 e. The van der Waals surface area contributed by atoms with Gasteiger partial charge >= 0.3 is 11.9 Å². The number of esters is 1. The van der Waals surface area contributed by atoms with Gasteiger partial charge in [0.15, 0.2) is 31.1 Å². The van der Waals surface area contributed by atoms with E-state index >= 15 is 0 Å². The number of ether oxygens (including phenoxy) is 7. The van der Waals surface area contributed by atoms with E-state index in [0.717, 1.165) is 44.9 Å². The predicted octanol–water partition coefficient (Wildman–Crippen LogP) is 1.88. The van der Waals surface area contributed by atoms with Crippen molar-refractivity contribution in [3.05, 3.63) is 35.9 Å². The summed E-state index contributed by atoms with van der Waals surface area (Å²) in [6.07, 6.45) is -9.68. The average Bonchev–Trinajstić information content (AvgIpc) is 3.11. The molecule has 4 bridgehead atoms.